The second kappa shape index (κ2) is 12.7. The predicted molar refractivity (Wildman–Crippen MR) is 155 cm³/mol. The van der Waals surface area contributed by atoms with Gasteiger partial charge in [-0.25, -0.2) is 0 Å². The fourth-order valence-corrected chi connectivity index (χ4v) is 5.62. The van der Waals surface area contributed by atoms with Gasteiger partial charge in [0.1, 0.15) is 11.9 Å². The molecule has 2 heterocycles. The van der Waals surface area contributed by atoms with Gasteiger partial charge in [0.25, 0.3) is 0 Å². The Morgan fingerprint density at radius 3 is 2.47 bits per heavy atom. The van der Waals surface area contributed by atoms with Crippen LogP contribution in [0.3, 0.4) is 0 Å². The van der Waals surface area contributed by atoms with Crippen LogP contribution in [0.1, 0.15) is 49.2 Å². The normalized spacial score (nSPS) is 17.8. The molecule has 0 aliphatic carbocycles. The van der Waals surface area contributed by atoms with E-state index in [9.17, 15) is 9.59 Å². The van der Waals surface area contributed by atoms with E-state index in [0.717, 1.165) is 24.3 Å². The number of piperidine rings is 1. The van der Waals surface area contributed by atoms with Gasteiger partial charge < -0.3 is 15.8 Å². The molecule has 3 aromatic carbocycles. The maximum atomic E-state index is 12.1. The maximum Gasteiger partial charge on any atom is 0.237 e. The third-order valence-electron chi connectivity index (χ3n) is 7.07. The highest BCUT2D eigenvalue weighted by Crippen LogP contribution is 2.36. The van der Waals surface area contributed by atoms with E-state index in [1.54, 1.807) is 23.5 Å². The van der Waals surface area contributed by atoms with E-state index in [4.69, 9.17) is 10.5 Å². The molecule has 2 atom stereocenters. The van der Waals surface area contributed by atoms with Crippen molar-refractivity contribution in [2.24, 2.45) is 0 Å². The summed E-state index contributed by atoms with van der Waals surface area (Å²) in [4.78, 5) is 24.6. The van der Waals surface area contributed by atoms with Crippen molar-refractivity contribution >= 4 is 39.6 Å². The van der Waals surface area contributed by atoms with Crippen molar-refractivity contribution in [1.82, 2.24) is 10.6 Å². The molecule has 2 amide bonds. The topological polar surface area (TPSA) is 93.5 Å². The standard InChI is InChI=1S/C18H19NOS.C13H16N2O2/c1-19-12-11-17(18-10-5-13-21-18)20-16-9-4-7-14-6-2-3-8-15(14)16;1-2-13(8-7-11(16)15-12(13)17)9-3-5-10(14)6-4-9/h2-10,13,17,19H,11-12H2,1H3;3-6H,2,7-8,14H2,1H3,(H,15,16,17)/t17-;/m0./s1. The summed E-state index contributed by atoms with van der Waals surface area (Å²) in [7, 11) is 1.98. The van der Waals surface area contributed by atoms with Crippen molar-refractivity contribution < 1.29 is 14.3 Å². The highest BCUT2D eigenvalue weighted by Gasteiger charge is 2.42. The molecule has 6 nitrogen and oxygen atoms in total. The lowest BCUT2D eigenvalue weighted by atomic mass is 9.72. The van der Waals surface area contributed by atoms with Gasteiger partial charge in [0.05, 0.1) is 5.41 Å². The van der Waals surface area contributed by atoms with Crippen molar-refractivity contribution in [2.75, 3.05) is 19.3 Å². The molecule has 0 bridgehead atoms. The molecule has 1 fully saturated rings. The van der Waals surface area contributed by atoms with Crippen LogP contribution in [0.15, 0.2) is 84.2 Å². The fraction of sp³-hybridized carbons (Fsp3) is 0.290. The Labute approximate surface area is 228 Å². The predicted octanol–water partition coefficient (Wildman–Crippen LogP) is 5.98. The lowest BCUT2D eigenvalue weighted by Crippen LogP contribution is -2.51. The van der Waals surface area contributed by atoms with E-state index < -0.39 is 5.41 Å². The van der Waals surface area contributed by atoms with Crippen LogP contribution in [-0.4, -0.2) is 25.4 Å². The number of amides is 2. The van der Waals surface area contributed by atoms with Gasteiger partial charge in [-0.05, 0) is 67.0 Å². The van der Waals surface area contributed by atoms with Crippen molar-refractivity contribution in [2.45, 2.75) is 44.1 Å². The Hall–Kier alpha value is -3.68. The van der Waals surface area contributed by atoms with Crippen LogP contribution >= 0.6 is 11.3 Å². The van der Waals surface area contributed by atoms with Gasteiger partial charge in [0.2, 0.25) is 11.8 Å². The molecule has 5 rings (SSSR count). The SMILES string of the molecule is CCC1(c2ccc(N)cc2)CCC(=O)NC1=O.CNCC[C@H](Oc1cccc2ccccc12)c1cccs1. The molecule has 0 radical (unpaired) electrons. The lowest BCUT2D eigenvalue weighted by Gasteiger charge is -2.34. The van der Waals surface area contributed by atoms with E-state index in [0.29, 0.717) is 24.9 Å². The minimum Gasteiger partial charge on any atom is -0.484 e. The monoisotopic (exact) mass is 529 g/mol. The molecule has 0 saturated carbocycles. The van der Waals surface area contributed by atoms with Crippen LogP contribution in [0.25, 0.3) is 10.8 Å². The summed E-state index contributed by atoms with van der Waals surface area (Å²) in [5, 5.41) is 10.1. The number of thiophene rings is 1. The Morgan fingerprint density at radius 2 is 1.79 bits per heavy atom. The number of fused-ring (bicyclic) bond motifs is 1. The number of carbonyl (C=O) groups is 2. The summed E-state index contributed by atoms with van der Waals surface area (Å²) in [5.41, 5.74) is 6.66. The zero-order valence-electron chi connectivity index (χ0n) is 21.9. The number of nitrogens with one attached hydrogen (secondary N) is 2. The second-order valence-electron chi connectivity index (χ2n) is 9.43. The smallest absolute Gasteiger partial charge is 0.237 e. The van der Waals surface area contributed by atoms with Crippen molar-refractivity contribution in [3.05, 3.63) is 94.7 Å². The largest absolute Gasteiger partial charge is 0.484 e. The molecular formula is C31H35N3O3S. The molecule has 1 unspecified atom stereocenters. The van der Waals surface area contributed by atoms with Crippen molar-refractivity contribution in [3.8, 4) is 5.75 Å². The maximum absolute atomic E-state index is 12.1. The number of hydrogen-bond donors (Lipinski definition) is 3. The third-order valence-corrected chi connectivity index (χ3v) is 8.03. The Bertz CT molecular complexity index is 1350. The van der Waals surface area contributed by atoms with E-state index in [1.165, 1.54) is 15.6 Å². The van der Waals surface area contributed by atoms with Gasteiger partial charge in [0.15, 0.2) is 0 Å². The molecule has 198 valence electrons. The van der Waals surface area contributed by atoms with Gasteiger partial charge in [-0.2, -0.15) is 0 Å². The first kappa shape index (κ1) is 27.4. The van der Waals surface area contributed by atoms with Crippen LogP contribution in [0, 0.1) is 0 Å². The van der Waals surface area contributed by atoms with Gasteiger partial charge >= 0.3 is 0 Å². The highest BCUT2D eigenvalue weighted by atomic mass is 32.1. The Kier molecular flexibility index (Phi) is 9.15. The average Bonchev–Trinajstić information content (AvgIpc) is 3.48. The minimum absolute atomic E-state index is 0.100. The van der Waals surface area contributed by atoms with Crippen molar-refractivity contribution in [1.29, 1.82) is 0 Å². The molecule has 7 heteroatoms. The summed E-state index contributed by atoms with van der Waals surface area (Å²) < 4.78 is 6.34. The van der Waals surface area contributed by atoms with Gasteiger partial charge in [0, 0.05) is 28.8 Å². The molecule has 1 saturated heterocycles. The summed E-state index contributed by atoms with van der Waals surface area (Å²) in [6, 6.07) is 26.1. The molecule has 1 aromatic heterocycles. The number of carbonyl (C=O) groups excluding carboxylic acids is 2. The van der Waals surface area contributed by atoms with E-state index in [1.807, 2.05) is 26.1 Å². The van der Waals surface area contributed by atoms with E-state index in [2.05, 4.69) is 70.6 Å². The number of ether oxygens (including phenoxy) is 1. The molecular weight excluding hydrogens is 494 g/mol. The third kappa shape index (κ3) is 6.23. The number of benzene rings is 3. The highest BCUT2D eigenvalue weighted by molar-refractivity contribution is 7.10. The summed E-state index contributed by atoms with van der Waals surface area (Å²) in [5.74, 6) is 0.582. The quantitative estimate of drug-likeness (QED) is 0.193. The number of anilines is 1. The Balaban J connectivity index is 0.000000181. The van der Waals surface area contributed by atoms with Crippen LogP contribution in [0.5, 0.6) is 5.75 Å². The van der Waals surface area contributed by atoms with Crippen LogP contribution in [0.2, 0.25) is 0 Å². The van der Waals surface area contributed by atoms with E-state index >= 15 is 0 Å². The molecule has 1 aliphatic heterocycles. The molecule has 0 spiro atoms. The minimum atomic E-state index is -0.582. The van der Waals surface area contributed by atoms with Gasteiger partial charge in [-0.3, -0.25) is 14.9 Å². The second-order valence-corrected chi connectivity index (χ2v) is 10.4. The van der Waals surface area contributed by atoms with Crippen LogP contribution < -0.4 is 21.1 Å². The lowest BCUT2D eigenvalue weighted by molar-refractivity contribution is -0.138. The first-order chi connectivity index (χ1) is 18.5. The molecule has 4 N–H and O–H groups in total. The number of nitrogens with two attached hydrogens (primary N) is 1. The van der Waals surface area contributed by atoms with Gasteiger partial charge in [-0.1, -0.05) is 61.5 Å². The van der Waals surface area contributed by atoms with Crippen LogP contribution in [0.4, 0.5) is 5.69 Å². The number of hydrogen-bond acceptors (Lipinski definition) is 6. The first-order valence-corrected chi connectivity index (χ1v) is 13.9. The first-order valence-electron chi connectivity index (χ1n) is 13.0. The van der Waals surface area contributed by atoms with Crippen LogP contribution in [-0.2, 0) is 15.0 Å². The van der Waals surface area contributed by atoms with Crippen molar-refractivity contribution in [3.63, 3.8) is 0 Å². The number of nitrogen functional groups attached to an aromatic ring is 1. The fourth-order valence-electron chi connectivity index (χ4n) is 4.83. The zero-order valence-corrected chi connectivity index (χ0v) is 22.7. The average molecular weight is 530 g/mol. The molecule has 1 aliphatic rings. The van der Waals surface area contributed by atoms with E-state index in [-0.39, 0.29) is 17.9 Å². The summed E-state index contributed by atoms with van der Waals surface area (Å²) in [6.07, 6.45) is 2.70. The number of rotatable bonds is 8. The zero-order chi connectivity index (χ0) is 27.0. The summed E-state index contributed by atoms with van der Waals surface area (Å²) >= 11 is 1.75. The molecule has 4 aromatic rings. The molecule has 38 heavy (non-hydrogen) atoms. The van der Waals surface area contributed by atoms with Gasteiger partial charge in [-0.15, -0.1) is 11.3 Å². The summed E-state index contributed by atoms with van der Waals surface area (Å²) in [6.45, 7) is 2.90. The Morgan fingerprint density at radius 1 is 1.03 bits per heavy atom. The number of imide groups is 1.